The minimum Gasteiger partial charge on any atom is -0.481 e. The van der Waals surface area contributed by atoms with Gasteiger partial charge in [-0.3, -0.25) is 4.79 Å². The highest BCUT2D eigenvalue weighted by molar-refractivity contribution is 6.20. The van der Waals surface area contributed by atoms with Crippen LogP contribution in [-0.2, 0) is 4.79 Å². The van der Waals surface area contributed by atoms with Crippen molar-refractivity contribution < 1.29 is 9.90 Å². The van der Waals surface area contributed by atoms with Gasteiger partial charge in [0.15, 0.2) is 0 Å². The predicted molar refractivity (Wildman–Crippen MR) is 87.1 cm³/mol. The van der Waals surface area contributed by atoms with Crippen molar-refractivity contribution in [3.8, 4) is 0 Å². The monoisotopic (exact) mass is 307 g/mol. The SMILES string of the molecule is CCCC(Cl)CCC(CC(=O)O)c1cc2ccccc2[nH]1. The van der Waals surface area contributed by atoms with Crippen LogP contribution in [0, 0.1) is 0 Å². The van der Waals surface area contributed by atoms with Crippen LogP contribution >= 0.6 is 11.6 Å². The molecule has 0 amide bonds. The lowest BCUT2D eigenvalue weighted by Gasteiger charge is -2.15. The van der Waals surface area contributed by atoms with E-state index in [4.69, 9.17) is 16.7 Å². The smallest absolute Gasteiger partial charge is 0.304 e. The van der Waals surface area contributed by atoms with Crippen LogP contribution in [0.15, 0.2) is 30.3 Å². The molecule has 1 aromatic carbocycles. The van der Waals surface area contributed by atoms with Crippen LogP contribution in [0.1, 0.15) is 50.6 Å². The lowest BCUT2D eigenvalue weighted by molar-refractivity contribution is -0.137. The first kappa shape index (κ1) is 15.9. The van der Waals surface area contributed by atoms with E-state index in [1.54, 1.807) is 0 Å². The number of nitrogens with one attached hydrogen (secondary N) is 1. The molecular formula is C17H22ClNO2. The zero-order chi connectivity index (χ0) is 15.2. The van der Waals surface area contributed by atoms with Gasteiger partial charge in [-0.25, -0.2) is 0 Å². The molecule has 4 heteroatoms. The second-order valence-electron chi connectivity index (χ2n) is 5.57. The fourth-order valence-electron chi connectivity index (χ4n) is 2.73. The van der Waals surface area contributed by atoms with Crippen molar-refractivity contribution in [2.75, 3.05) is 0 Å². The third-order valence-corrected chi connectivity index (χ3v) is 4.28. The summed E-state index contributed by atoms with van der Waals surface area (Å²) in [5.74, 6) is -0.770. The van der Waals surface area contributed by atoms with E-state index in [1.807, 2.05) is 24.3 Å². The number of aliphatic carboxylic acids is 1. The first-order valence-electron chi connectivity index (χ1n) is 7.53. The van der Waals surface area contributed by atoms with E-state index in [-0.39, 0.29) is 17.7 Å². The largest absolute Gasteiger partial charge is 0.481 e. The van der Waals surface area contributed by atoms with Crippen LogP contribution < -0.4 is 0 Å². The lowest BCUT2D eigenvalue weighted by atomic mass is 9.94. The van der Waals surface area contributed by atoms with Crippen LogP contribution in [0.25, 0.3) is 10.9 Å². The lowest BCUT2D eigenvalue weighted by Crippen LogP contribution is -2.09. The van der Waals surface area contributed by atoms with E-state index in [9.17, 15) is 4.79 Å². The quantitative estimate of drug-likeness (QED) is 0.680. The van der Waals surface area contributed by atoms with Gasteiger partial charge in [-0.05, 0) is 36.8 Å². The number of hydrogen-bond acceptors (Lipinski definition) is 1. The zero-order valence-corrected chi connectivity index (χ0v) is 13.1. The summed E-state index contributed by atoms with van der Waals surface area (Å²) in [6.07, 6.45) is 3.83. The molecule has 3 nitrogen and oxygen atoms in total. The molecule has 21 heavy (non-hydrogen) atoms. The van der Waals surface area contributed by atoms with Crippen LogP contribution in [0.3, 0.4) is 0 Å². The summed E-state index contributed by atoms with van der Waals surface area (Å²) in [7, 11) is 0. The summed E-state index contributed by atoms with van der Waals surface area (Å²) in [4.78, 5) is 14.5. The van der Waals surface area contributed by atoms with E-state index < -0.39 is 5.97 Å². The number of hydrogen-bond donors (Lipinski definition) is 2. The Balaban J connectivity index is 2.12. The van der Waals surface area contributed by atoms with Gasteiger partial charge in [0, 0.05) is 22.5 Å². The van der Waals surface area contributed by atoms with Crippen molar-refractivity contribution in [3.63, 3.8) is 0 Å². The molecule has 2 N–H and O–H groups in total. The van der Waals surface area contributed by atoms with Gasteiger partial charge in [0.05, 0.1) is 6.42 Å². The Morgan fingerprint density at radius 3 is 2.71 bits per heavy atom. The van der Waals surface area contributed by atoms with E-state index in [0.717, 1.165) is 42.3 Å². The number of aromatic nitrogens is 1. The van der Waals surface area contributed by atoms with E-state index in [1.165, 1.54) is 0 Å². The maximum Gasteiger partial charge on any atom is 0.304 e. The van der Waals surface area contributed by atoms with E-state index in [0.29, 0.717) is 0 Å². The molecule has 0 saturated carbocycles. The Labute approximate surface area is 130 Å². The topological polar surface area (TPSA) is 53.1 Å². The number of para-hydroxylation sites is 1. The molecule has 0 aliphatic heterocycles. The number of aromatic amines is 1. The van der Waals surface area contributed by atoms with Crippen LogP contribution in [0.2, 0.25) is 0 Å². The first-order valence-corrected chi connectivity index (χ1v) is 7.97. The summed E-state index contributed by atoms with van der Waals surface area (Å²) >= 11 is 6.27. The Bertz CT molecular complexity index is 560. The van der Waals surface area contributed by atoms with Crippen molar-refractivity contribution in [1.29, 1.82) is 0 Å². The van der Waals surface area contributed by atoms with Gasteiger partial charge in [0.25, 0.3) is 0 Å². The first-order chi connectivity index (χ1) is 10.1. The number of carboxylic acids is 1. The molecule has 2 rings (SSSR count). The van der Waals surface area contributed by atoms with Crippen molar-refractivity contribution >= 4 is 28.5 Å². The third-order valence-electron chi connectivity index (χ3n) is 3.84. The van der Waals surface area contributed by atoms with Gasteiger partial charge in [-0.2, -0.15) is 0 Å². The number of halogens is 1. The maximum atomic E-state index is 11.1. The number of alkyl halides is 1. The summed E-state index contributed by atoms with van der Waals surface area (Å²) < 4.78 is 0. The highest BCUT2D eigenvalue weighted by atomic mass is 35.5. The molecule has 2 aromatic rings. The van der Waals surface area contributed by atoms with Crippen molar-refractivity contribution in [3.05, 3.63) is 36.0 Å². The summed E-state index contributed by atoms with van der Waals surface area (Å²) in [5.41, 5.74) is 2.05. The van der Waals surface area contributed by atoms with Gasteiger partial charge < -0.3 is 10.1 Å². The molecule has 1 aromatic heterocycles. The summed E-state index contributed by atoms with van der Waals surface area (Å²) in [6.45, 7) is 2.11. The molecule has 2 atom stereocenters. The van der Waals surface area contributed by atoms with E-state index >= 15 is 0 Å². The highest BCUT2D eigenvalue weighted by Gasteiger charge is 2.19. The molecule has 0 aliphatic rings. The average molecular weight is 308 g/mol. The second-order valence-corrected chi connectivity index (χ2v) is 6.19. The highest BCUT2D eigenvalue weighted by Crippen LogP contribution is 2.29. The maximum absolute atomic E-state index is 11.1. The molecule has 114 valence electrons. The van der Waals surface area contributed by atoms with Gasteiger partial charge in [0.2, 0.25) is 0 Å². The predicted octanol–water partition coefficient (Wildman–Crippen LogP) is 4.91. The average Bonchev–Trinajstić information content (AvgIpc) is 2.87. The Morgan fingerprint density at radius 1 is 1.29 bits per heavy atom. The molecule has 0 radical (unpaired) electrons. The van der Waals surface area contributed by atoms with E-state index in [2.05, 4.69) is 18.0 Å². The molecule has 0 fully saturated rings. The molecule has 0 bridgehead atoms. The summed E-state index contributed by atoms with van der Waals surface area (Å²) in [6, 6.07) is 10.1. The minimum atomic E-state index is -0.764. The number of benzene rings is 1. The Kier molecular flexibility index (Phi) is 5.68. The van der Waals surface area contributed by atoms with Crippen molar-refractivity contribution in [1.82, 2.24) is 4.98 Å². The number of H-pyrrole nitrogens is 1. The van der Waals surface area contributed by atoms with Crippen LogP contribution in [0.5, 0.6) is 0 Å². The second kappa shape index (κ2) is 7.51. The van der Waals surface area contributed by atoms with Gasteiger partial charge in [0.1, 0.15) is 0 Å². The summed E-state index contributed by atoms with van der Waals surface area (Å²) in [5, 5.41) is 10.4. The third kappa shape index (κ3) is 4.50. The van der Waals surface area contributed by atoms with Crippen molar-refractivity contribution in [2.45, 2.75) is 50.3 Å². The number of fused-ring (bicyclic) bond motifs is 1. The number of carbonyl (C=O) groups is 1. The molecule has 1 heterocycles. The van der Waals surface area contributed by atoms with Gasteiger partial charge in [-0.1, -0.05) is 31.5 Å². The molecular weight excluding hydrogens is 286 g/mol. The standard InChI is InChI=1S/C17H22ClNO2/c1-2-5-14(18)9-8-13(11-17(20)21)16-10-12-6-3-4-7-15(12)19-16/h3-4,6-7,10,13-14,19H,2,5,8-9,11H2,1H3,(H,20,21). The molecule has 0 saturated heterocycles. The molecule has 2 unspecified atom stereocenters. The number of carboxylic acid groups (broad SMARTS) is 1. The Morgan fingerprint density at radius 2 is 2.05 bits per heavy atom. The van der Waals surface area contributed by atoms with Gasteiger partial charge in [-0.15, -0.1) is 11.6 Å². The van der Waals surface area contributed by atoms with Gasteiger partial charge >= 0.3 is 5.97 Å². The molecule has 0 aliphatic carbocycles. The van der Waals surface area contributed by atoms with Crippen LogP contribution in [-0.4, -0.2) is 21.4 Å². The minimum absolute atomic E-state index is 0.00648. The van der Waals surface area contributed by atoms with Crippen molar-refractivity contribution in [2.24, 2.45) is 0 Å². The molecule has 0 spiro atoms. The van der Waals surface area contributed by atoms with Crippen LogP contribution in [0.4, 0.5) is 0 Å². The zero-order valence-electron chi connectivity index (χ0n) is 12.3. The fraction of sp³-hybridized carbons (Fsp3) is 0.471. The Hall–Kier alpha value is -1.48. The normalized spacial score (nSPS) is 14.2. The number of rotatable bonds is 8. The fourth-order valence-corrected chi connectivity index (χ4v) is 3.08.